The Labute approximate surface area is 204 Å². The van der Waals surface area contributed by atoms with Gasteiger partial charge in [-0.1, -0.05) is 5.16 Å². The van der Waals surface area contributed by atoms with E-state index in [1.54, 1.807) is 36.4 Å². The number of benzene rings is 2. The van der Waals surface area contributed by atoms with E-state index in [1.807, 2.05) is 19.1 Å². The Morgan fingerprint density at radius 1 is 1.06 bits per heavy atom. The molecule has 1 saturated carbocycles. The minimum Gasteiger partial charge on any atom is -0.494 e. The number of anilines is 1. The van der Waals surface area contributed by atoms with E-state index in [1.165, 1.54) is 4.31 Å². The van der Waals surface area contributed by atoms with Crippen molar-refractivity contribution in [2.24, 2.45) is 5.92 Å². The van der Waals surface area contributed by atoms with Crippen molar-refractivity contribution in [1.29, 1.82) is 0 Å². The summed E-state index contributed by atoms with van der Waals surface area (Å²) in [6.45, 7) is 3.08. The fourth-order valence-corrected chi connectivity index (χ4v) is 5.65. The molecule has 1 N–H and O–H groups in total. The van der Waals surface area contributed by atoms with Gasteiger partial charge in [0.25, 0.3) is 0 Å². The molecule has 35 heavy (non-hydrogen) atoms. The van der Waals surface area contributed by atoms with E-state index in [2.05, 4.69) is 15.5 Å². The molecule has 3 aromatic rings. The van der Waals surface area contributed by atoms with Gasteiger partial charge in [-0.05, 0) is 81.1 Å². The van der Waals surface area contributed by atoms with E-state index in [-0.39, 0.29) is 16.7 Å². The topological polar surface area (TPSA) is 115 Å². The first-order chi connectivity index (χ1) is 16.9. The lowest BCUT2D eigenvalue weighted by molar-refractivity contribution is -0.120. The van der Waals surface area contributed by atoms with Gasteiger partial charge in [0.05, 0.1) is 11.5 Å². The molecule has 1 aliphatic carbocycles. The lowest BCUT2D eigenvalue weighted by Crippen LogP contribution is -2.41. The maximum atomic E-state index is 13.2. The van der Waals surface area contributed by atoms with Crippen LogP contribution in [0.3, 0.4) is 0 Å². The highest BCUT2D eigenvalue weighted by atomic mass is 32.2. The Hall–Kier alpha value is -3.24. The molecule has 0 bridgehead atoms. The summed E-state index contributed by atoms with van der Waals surface area (Å²) in [5.41, 5.74) is 1.41. The first-order valence-corrected chi connectivity index (χ1v) is 13.4. The van der Waals surface area contributed by atoms with Crippen molar-refractivity contribution in [2.45, 2.75) is 43.4 Å². The fraction of sp³-hybridized carbons (Fsp3) is 0.400. The van der Waals surface area contributed by atoms with Crippen LogP contribution in [0.15, 0.2) is 57.9 Å². The largest absolute Gasteiger partial charge is 0.494 e. The summed E-state index contributed by atoms with van der Waals surface area (Å²) in [7, 11) is -3.65. The zero-order chi connectivity index (χ0) is 24.4. The molecule has 0 radical (unpaired) electrons. The summed E-state index contributed by atoms with van der Waals surface area (Å²) in [6, 6.07) is 13.8. The van der Waals surface area contributed by atoms with Crippen LogP contribution in [0.1, 0.15) is 44.4 Å². The second-order valence-electron chi connectivity index (χ2n) is 8.88. The average Bonchev–Trinajstić information content (AvgIpc) is 3.62. The minimum atomic E-state index is -3.65. The third-order valence-electron chi connectivity index (χ3n) is 6.38. The number of nitrogens with zero attached hydrogens (tertiary/aromatic N) is 3. The van der Waals surface area contributed by atoms with Crippen molar-refractivity contribution >= 4 is 21.6 Å². The number of hydrogen-bond acceptors (Lipinski definition) is 7. The molecule has 5 rings (SSSR count). The van der Waals surface area contributed by atoms with Crippen LogP contribution in [0.25, 0.3) is 11.4 Å². The maximum absolute atomic E-state index is 13.2. The number of carbonyl (C=O) groups excluding carboxylic acids is 1. The van der Waals surface area contributed by atoms with Crippen LogP contribution >= 0.6 is 0 Å². The zero-order valence-corrected chi connectivity index (χ0v) is 20.3. The van der Waals surface area contributed by atoms with E-state index in [0.29, 0.717) is 61.4 Å². The fourth-order valence-electron chi connectivity index (χ4n) is 4.18. The number of rotatable bonds is 8. The number of nitrogens with one attached hydrogen (secondary N) is 1. The lowest BCUT2D eigenvalue weighted by Gasteiger charge is -2.30. The first kappa shape index (κ1) is 23.5. The monoisotopic (exact) mass is 496 g/mol. The highest BCUT2D eigenvalue weighted by Gasteiger charge is 2.33. The summed E-state index contributed by atoms with van der Waals surface area (Å²) in [6.07, 6.45) is 3.07. The van der Waals surface area contributed by atoms with Gasteiger partial charge in [0.15, 0.2) is 0 Å². The van der Waals surface area contributed by atoms with E-state index in [4.69, 9.17) is 9.26 Å². The van der Waals surface area contributed by atoms with Crippen molar-refractivity contribution in [1.82, 2.24) is 14.4 Å². The third kappa shape index (κ3) is 5.23. The van der Waals surface area contributed by atoms with E-state index >= 15 is 0 Å². The van der Waals surface area contributed by atoms with Gasteiger partial charge in [-0.25, -0.2) is 8.42 Å². The van der Waals surface area contributed by atoms with E-state index in [9.17, 15) is 13.2 Å². The molecule has 1 aliphatic heterocycles. The average molecular weight is 497 g/mol. The zero-order valence-electron chi connectivity index (χ0n) is 19.5. The standard InChI is InChI=1S/C25H28N4O5S/c1-2-33-21-9-7-20(8-10-21)26-24(30)18-13-15-29(16-14-18)35(31,32)22-11-5-17(6-12-22)23-27-25(34-28-23)19-3-4-19/h5-12,18-19H,2-4,13-16H2,1H3,(H,26,30). The summed E-state index contributed by atoms with van der Waals surface area (Å²) < 4.78 is 38.5. The Morgan fingerprint density at radius 3 is 2.37 bits per heavy atom. The molecule has 184 valence electrons. The molecule has 1 aromatic heterocycles. The molecule has 2 fully saturated rings. The van der Waals surface area contributed by atoms with Crippen LogP contribution in [0.2, 0.25) is 0 Å². The predicted octanol–water partition coefficient (Wildman–Crippen LogP) is 4.05. The van der Waals surface area contributed by atoms with Crippen molar-refractivity contribution in [3.8, 4) is 17.1 Å². The number of sulfonamides is 1. The van der Waals surface area contributed by atoms with E-state index in [0.717, 1.165) is 18.6 Å². The van der Waals surface area contributed by atoms with Crippen LogP contribution in [0.4, 0.5) is 5.69 Å². The van der Waals surface area contributed by atoms with Gasteiger partial charge in [0, 0.05) is 36.2 Å². The molecule has 1 saturated heterocycles. The van der Waals surface area contributed by atoms with Gasteiger partial charge in [-0.2, -0.15) is 9.29 Å². The Bertz CT molecular complexity index is 1280. The van der Waals surface area contributed by atoms with Crippen molar-refractivity contribution in [3.05, 3.63) is 54.4 Å². The lowest BCUT2D eigenvalue weighted by atomic mass is 9.97. The molecule has 0 spiro atoms. The number of aromatic nitrogens is 2. The number of hydrogen-bond donors (Lipinski definition) is 1. The molecule has 9 nitrogen and oxygen atoms in total. The SMILES string of the molecule is CCOc1ccc(NC(=O)C2CCN(S(=O)(=O)c3ccc(-c4noc(C5CC5)n4)cc3)CC2)cc1. The molecule has 10 heteroatoms. The Kier molecular flexibility index (Phi) is 6.57. The van der Waals surface area contributed by atoms with Crippen LogP contribution in [-0.2, 0) is 14.8 Å². The van der Waals surface area contributed by atoms with Gasteiger partial charge >= 0.3 is 0 Å². The molecule has 1 amide bonds. The highest BCUT2D eigenvalue weighted by Crippen LogP contribution is 2.39. The molecule has 2 aromatic carbocycles. The maximum Gasteiger partial charge on any atom is 0.243 e. The molecule has 0 atom stereocenters. The predicted molar refractivity (Wildman–Crippen MR) is 129 cm³/mol. The van der Waals surface area contributed by atoms with Crippen molar-refractivity contribution in [3.63, 3.8) is 0 Å². The van der Waals surface area contributed by atoms with E-state index < -0.39 is 10.0 Å². The number of carbonyl (C=O) groups is 1. The summed E-state index contributed by atoms with van der Waals surface area (Å²) in [5, 5.41) is 6.93. The second-order valence-corrected chi connectivity index (χ2v) is 10.8. The van der Waals surface area contributed by atoms with Gasteiger partial charge in [-0.15, -0.1) is 0 Å². The third-order valence-corrected chi connectivity index (χ3v) is 8.29. The molecule has 2 heterocycles. The second kappa shape index (κ2) is 9.79. The number of ether oxygens (including phenoxy) is 1. The number of piperidine rings is 1. The number of amides is 1. The smallest absolute Gasteiger partial charge is 0.243 e. The first-order valence-electron chi connectivity index (χ1n) is 11.9. The van der Waals surface area contributed by atoms with Crippen molar-refractivity contribution in [2.75, 3.05) is 25.0 Å². The summed E-state index contributed by atoms with van der Waals surface area (Å²) >= 11 is 0. The normalized spacial score (nSPS) is 17.3. The quantitative estimate of drug-likeness (QED) is 0.500. The Balaban J connectivity index is 1.17. The summed E-state index contributed by atoms with van der Waals surface area (Å²) in [4.78, 5) is 17.3. The van der Waals surface area contributed by atoms with Crippen LogP contribution in [0.5, 0.6) is 5.75 Å². The van der Waals surface area contributed by atoms with Crippen LogP contribution < -0.4 is 10.1 Å². The minimum absolute atomic E-state index is 0.0961. The van der Waals surface area contributed by atoms with Gasteiger partial charge in [0.1, 0.15) is 5.75 Å². The van der Waals surface area contributed by atoms with Crippen molar-refractivity contribution < 1.29 is 22.5 Å². The van der Waals surface area contributed by atoms with Crippen LogP contribution in [-0.4, -0.2) is 48.5 Å². The van der Waals surface area contributed by atoms with Crippen LogP contribution in [0, 0.1) is 5.92 Å². The van der Waals surface area contributed by atoms with Gasteiger partial charge in [-0.3, -0.25) is 4.79 Å². The van der Waals surface area contributed by atoms with Gasteiger partial charge in [0.2, 0.25) is 27.6 Å². The van der Waals surface area contributed by atoms with Gasteiger partial charge < -0.3 is 14.6 Å². The molecule has 0 unspecified atom stereocenters. The highest BCUT2D eigenvalue weighted by molar-refractivity contribution is 7.89. The summed E-state index contributed by atoms with van der Waals surface area (Å²) in [5.74, 6) is 1.89. The molecular formula is C25H28N4O5S. The Morgan fingerprint density at radius 2 is 1.74 bits per heavy atom. The molecule has 2 aliphatic rings. The molecular weight excluding hydrogens is 468 g/mol.